The van der Waals surface area contributed by atoms with Gasteiger partial charge in [-0.3, -0.25) is 14.2 Å². The highest BCUT2D eigenvalue weighted by Gasteiger charge is 2.17. The number of nitrogens with one attached hydrogen (secondary N) is 1. The zero-order valence-corrected chi connectivity index (χ0v) is 16.4. The molecular formula is C21H19N3O3S. The molecular weight excluding hydrogens is 374 g/mol. The number of carbonyl (C=O) groups is 1. The van der Waals surface area contributed by atoms with Crippen molar-refractivity contribution in [1.82, 2.24) is 9.55 Å². The van der Waals surface area contributed by atoms with Crippen LogP contribution in [0.2, 0.25) is 0 Å². The summed E-state index contributed by atoms with van der Waals surface area (Å²) in [7, 11) is 0. The first-order valence-electron chi connectivity index (χ1n) is 8.98. The van der Waals surface area contributed by atoms with Gasteiger partial charge in [0.05, 0.1) is 5.75 Å². The molecule has 0 saturated carbocycles. The van der Waals surface area contributed by atoms with E-state index >= 15 is 0 Å². The van der Waals surface area contributed by atoms with Crippen LogP contribution in [0, 0.1) is 6.92 Å². The quantitative estimate of drug-likeness (QED) is 0.406. The van der Waals surface area contributed by atoms with Gasteiger partial charge >= 0.3 is 0 Å². The van der Waals surface area contributed by atoms with Gasteiger partial charge in [0.1, 0.15) is 11.1 Å². The zero-order chi connectivity index (χ0) is 19.7. The van der Waals surface area contributed by atoms with Crippen LogP contribution in [0.5, 0.6) is 0 Å². The second kappa shape index (κ2) is 7.52. The molecule has 0 aliphatic carbocycles. The molecule has 0 saturated heterocycles. The third kappa shape index (κ3) is 3.41. The summed E-state index contributed by atoms with van der Waals surface area (Å²) in [5.41, 5.74) is 3.05. The maximum Gasteiger partial charge on any atom is 0.297 e. The number of carbonyl (C=O) groups excluding carboxylic acids is 1. The van der Waals surface area contributed by atoms with Gasteiger partial charge in [0.2, 0.25) is 11.5 Å². The molecule has 0 radical (unpaired) electrons. The van der Waals surface area contributed by atoms with Crippen LogP contribution >= 0.6 is 11.8 Å². The molecule has 0 fully saturated rings. The molecule has 2 aromatic carbocycles. The number of hydrogen-bond donors (Lipinski definition) is 1. The standard InChI is InChI=1S/C21H19N3O3S/c1-3-24-20(26)19-18(15-6-4-5-7-16(15)27-19)23-21(24)28-12-17(25)22-14-10-8-13(2)9-11-14/h4-11H,3,12H2,1-2H3,(H,22,25). The monoisotopic (exact) mass is 393 g/mol. The van der Waals surface area contributed by atoms with Crippen LogP contribution in [0.3, 0.4) is 0 Å². The average molecular weight is 393 g/mol. The Bertz CT molecular complexity index is 1230. The van der Waals surface area contributed by atoms with E-state index in [-0.39, 0.29) is 22.8 Å². The van der Waals surface area contributed by atoms with E-state index in [0.29, 0.717) is 22.8 Å². The summed E-state index contributed by atoms with van der Waals surface area (Å²) in [5.74, 6) is 0.00428. The lowest BCUT2D eigenvalue weighted by atomic mass is 10.2. The van der Waals surface area contributed by atoms with Gasteiger partial charge in [-0.2, -0.15) is 0 Å². The minimum Gasteiger partial charge on any atom is -0.448 e. The van der Waals surface area contributed by atoms with E-state index in [1.54, 1.807) is 0 Å². The molecule has 1 N–H and O–H groups in total. The van der Waals surface area contributed by atoms with Crippen molar-refractivity contribution in [3.05, 3.63) is 64.4 Å². The van der Waals surface area contributed by atoms with Crippen molar-refractivity contribution < 1.29 is 9.21 Å². The van der Waals surface area contributed by atoms with Gasteiger partial charge in [-0.15, -0.1) is 0 Å². The second-order valence-corrected chi connectivity index (χ2v) is 7.37. The normalized spacial score (nSPS) is 11.2. The Hall–Kier alpha value is -3.06. The van der Waals surface area contributed by atoms with Crippen molar-refractivity contribution in [3.63, 3.8) is 0 Å². The molecule has 0 bridgehead atoms. The maximum atomic E-state index is 12.8. The highest BCUT2D eigenvalue weighted by atomic mass is 32.2. The van der Waals surface area contributed by atoms with Gasteiger partial charge in [-0.05, 0) is 38.1 Å². The topological polar surface area (TPSA) is 77.1 Å². The molecule has 0 spiro atoms. The fourth-order valence-electron chi connectivity index (χ4n) is 3.01. The number of aromatic nitrogens is 2. The summed E-state index contributed by atoms with van der Waals surface area (Å²) in [5, 5.41) is 4.16. The lowest BCUT2D eigenvalue weighted by Gasteiger charge is -2.09. The van der Waals surface area contributed by atoms with E-state index in [9.17, 15) is 9.59 Å². The Balaban J connectivity index is 1.62. The van der Waals surface area contributed by atoms with Crippen LogP contribution in [0.15, 0.2) is 62.9 Å². The SMILES string of the molecule is CCn1c(SCC(=O)Nc2ccc(C)cc2)nc2c(oc3ccccc32)c1=O. The third-order valence-corrected chi connectivity index (χ3v) is 5.41. The minimum atomic E-state index is -0.231. The maximum absolute atomic E-state index is 12.8. The minimum absolute atomic E-state index is 0.150. The van der Waals surface area contributed by atoms with E-state index in [2.05, 4.69) is 10.3 Å². The molecule has 4 rings (SSSR count). The smallest absolute Gasteiger partial charge is 0.297 e. The summed E-state index contributed by atoms with van der Waals surface area (Å²) in [4.78, 5) is 29.8. The molecule has 2 heterocycles. The molecule has 7 heteroatoms. The Morgan fingerprint density at radius 2 is 1.93 bits per heavy atom. The largest absolute Gasteiger partial charge is 0.448 e. The van der Waals surface area contributed by atoms with Crippen molar-refractivity contribution in [1.29, 1.82) is 0 Å². The first-order chi connectivity index (χ1) is 13.6. The fraction of sp³-hybridized carbons (Fsp3) is 0.190. The summed E-state index contributed by atoms with van der Waals surface area (Å²) >= 11 is 1.24. The van der Waals surface area contributed by atoms with Gasteiger partial charge in [0.15, 0.2) is 5.16 Å². The molecule has 28 heavy (non-hydrogen) atoms. The van der Waals surface area contributed by atoms with Gasteiger partial charge in [0, 0.05) is 17.6 Å². The van der Waals surface area contributed by atoms with Crippen LogP contribution in [0.1, 0.15) is 12.5 Å². The van der Waals surface area contributed by atoms with Crippen molar-refractivity contribution in [2.24, 2.45) is 0 Å². The summed E-state index contributed by atoms with van der Waals surface area (Å²) < 4.78 is 7.25. The number of hydrogen-bond acceptors (Lipinski definition) is 5. The number of fused-ring (bicyclic) bond motifs is 3. The summed E-state index contributed by atoms with van der Waals surface area (Å²) in [6.07, 6.45) is 0. The number of aryl methyl sites for hydroxylation is 1. The molecule has 6 nitrogen and oxygen atoms in total. The Morgan fingerprint density at radius 1 is 1.18 bits per heavy atom. The number of anilines is 1. The Labute approximate surface area is 165 Å². The fourth-order valence-corrected chi connectivity index (χ4v) is 3.86. The van der Waals surface area contributed by atoms with Crippen LogP contribution in [0.4, 0.5) is 5.69 Å². The predicted molar refractivity (Wildman–Crippen MR) is 112 cm³/mol. The van der Waals surface area contributed by atoms with E-state index in [4.69, 9.17) is 4.42 Å². The van der Waals surface area contributed by atoms with Gasteiger partial charge in [-0.25, -0.2) is 4.98 Å². The molecule has 4 aromatic rings. The molecule has 0 aliphatic rings. The van der Waals surface area contributed by atoms with Gasteiger partial charge < -0.3 is 9.73 Å². The number of thioether (sulfide) groups is 1. The number of furan rings is 1. The van der Waals surface area contributed by atoms with Crippen LogP contribution in [0.25, 0.3) is 22.1 Å². The Kier molecular flexibility index (Phi) is 4.92. The number of nitrogens with zero attached hydrogens (tertiary/aromatic N) is 2. The molecule has 0 atom stereocenters. The van der Waals surface area contributed by atoms with Crippen molar-refractivity contribution in [2.45, 2.75) is 25.5 Å². The van der Waals surface area contributed by atoms with Crippen LogP contribution in [-0.4, -0.2) is 21.2 Å². The molecule has 142 valence electrons. The van der Waals surface area contributed by atoms with Crippen molar-refractivity contribution in [2.75, 3.05) is 11.1 Å². The van der Waals surface area contributed by atoms with E-state index in [1.807, 2.05) is 62.4 Å². The molecule has 0 unspecified atom stereocenters. The highest BCUT2D eigenvalue weighted by Crippen LogP contribution is 2.27. The molecule has 0 aliphatic heterocycles. The first kappa shape index (κ1) is 18.3. The second-order valence-electron chi connectivity index (χ2n) is 6.42. The third-order valence-electron chi connectivity index (χ3n) is 4.43. The van der Waals surface area contributed by atoms with Gasteiger partial charge in [0.25, 0.3) is 5.56 Å². The number of amides is 1. The van der Waals surface area contributed by atoms with Crippen molar-refractivity contribution >= 4 is 45.4 Å². The van der Waals surface area contributed by atoms with E-state index in [0.717, 1.165) is 16.6 Å². The molecule has 1 amide bonds. The molecule has 2 aromatic heterocycles. The highest BCUT2D eigenvalue weighted by molar-refractivity contribution is 7.99. The number of para-hydroxylation sites is 1. The van der Waals surface area contributed by atoms with Crippen LogP contribution in [-0.2, 0) is 11.3 Å². The predicted octanol–water partition coefficient (Wildman–Crippen LogP) is 4.20. The Morgan fingerprint density at radius 3 is 2.68 bits per heavy atom. The lowest BCUT2D eigenvalue weighted by Crippen LogP contribution is -2.23. The number of benzene rings is 2. The van der Waals surface area contributed by atoms with Crippen LogP contribution < -0.4 is 10.9 Å². The zero-order valence-electron chi connectivity index (χ0n) is 15.6. The van der Waals surface area contributed by atoms with E-state index < -0.39 is 0 Å². The first-order valence-corrected chi connectivity index (χ1v) is 9.96. The van der Waals surface area contributed by atoms with E-state index in [1.165, 1.54) is 16.3 Å². The van der Waals surface area contributed by atoms with Crippen molar-refractivity contribution in [3.8, 4) is 0 Å². The lowest BCUT2D eigenvalue weighted by molar-refractivity contribution is -0.113. The summed E-state index contributed by atoms with van der Waals surface area (Å²) in [6.45, 7) is 4.31. The average Bonchev–Trinajstić information content (AvgIpc) is 3.07. The summed E-state index contributed by atoms with van der Waals surface area (Å²) in [6, 6.07) is 15.0. The number of rotatable bonds is 5. The van der Waals surface area contributed by atoms with Gasteiger partial charge in [-0.1, -0.05) is 41.6 Å².